The fourth-order valence-electron chi connectivity index (χ4n) is 1.78. The van der Waals surface area contributed by atoms with Gasteiger partial charge < -0.3 is 5.11 Å². The Morgan fingerprint density at radius 3 is 2.58 bits per heavy atom. The van der Waals surface area contributed by atoms with Crippen LogP contribution in [0.3, 0.4) is 0 Å². The highest BCUT2D eigenvalue weighted by Gasteiger charge is 2.46. The molecule has 5 nitrogen and oxygen atoms in total. The van der Waals surface area contributed by atoms with E-state index in [-0.39, 0.29) is 17.7 Å². The average Bonchev–Trinajstić information content (AvgIpc) is 2.44. The number of hydrazine groups is 1. The highest BCUT2D eigenvalue weighted by atomic mass is 32.2. The predicted octanol–water partition coefficient (Wildman–Crippen LogP) is -1.73. The van der Waals surface area contributed by atoms with Crippen LogP contribution >= 0.6 is 0 Å². The Morgan fingerprint density at radius 2 is 2.17 bits per heavy atom. The van der Waals surface area contributed by atoms with Crippen molar-refractivity contribution >= 4 is 9.84 Å². The smallest absolute Gasteiger partial charge is 0.170 e. The van der Waals surface area contributed by atoms with Crippen LogP contribution in [0, 0.1) is 0 Å². The maximum Gasteiger partial charge on any atom is 0.170 e. The lowest BCUT2D eigenvalue weighted by molar-refractivity contribution is 0.0295. The normalized spacial score (nSPS) is 39.1. The van der Waals surface area contributed by atoms with E-state index in [9.17, 15) is 8.42 Å². The summed E-state index contributed by atoms with van der Waals surface area (Å²) in [5, 5.41) is 12.2. The van der Waals surface area contributed by atoms with Gasteiger partial charge in [0.1, 0.15) is 5.88 Å². The van der Waals surface area contributed by atoms with Crippen molar-refractivity contribution in [2.45, 2.75) is 5.25 Å². The van der Waals surface area contributed by atoms with Gasteiger partial charge in [0.05, 0.1) is 11.9 Å². The van der Waals surface area contributed by atoms with Gasteiger partial charge in [-0.1, -0.05) is 0 Å². The molecule has 2 aliphatic heterocycles. The van der Waals surface area contributed by atoms with Gasteiger partial charge in [-0.15, -0.1) is 0 Å². The summed E-state index contributed by atoms with van der Waals surface area (Å²) in [5.41, 5.74) is 0. The monoisotopic (exact) mass is 192 g/mol. The van der Waals surface area contributed by atoms with E-state index in [0.717, 1.165) is 0 Å². The minimum Gasteiger partial charge on any atom is -0.395 e. The molecule has 70 valence electrons. The Hall–Kier alpha value is -0.170. The Balaban J connectivity index is 2.08. The molecule has 0 saturated carbocycles. The molecule has 12 heavy (non-hydrogen) atoms. The largest absolute Gasteiger partial charge is 0.395 e. The summed E-state index contributed by atoms with van der Waals surface area (Å²) in [4.78, 5) is 0. The van der Waals surface area contributed by atoms with E-state index in [2.05, 4.69) is 0 Å². The third kappa shape index (κ3) is 1.15. The van der Waals surface area contributed by atoms with Crippen molar-refractivity contribution in [2.75, 3.05) is 32.1 Å². The molecule has 0 spiro atoms. The molecule has 2 bridgehead atoms. The lowest BCUT2D eigenvalue weighted by Gasteiger charge is -2.27. The number of rotatable bonds is 2. The third-order valence-corrected chi connectivity index (χ3v) is 4.40. The SMILES string of the molecule is O=S1(=O)CN2C[C@H]1CN2CCO. The van der Waals surface area contributed by atoms with E-state index in [1.54, 1.807) is 5.01 Å². The second-order valence-corrected chi connectivity index (χ2v) is 5.49. The van der Waals surface area contributed by atoms with Crippen molar-refractivity contribution in [3.63, 3.8) is 0 Å². The molecule has 2 heterocycles. The van der Waals surface area contributed by atoms with E-state index in [4.69, 9.17) is 5.11 Å². The Labute approximate surface area is 71.5 Å². The molecule has 0 aromatic carbocycles. The Morgan fingerprint density at radius 1 is 1.42 bits per heavy atom. The molecular weight excluding hydrogens is 180 g/mol. The summed E-state index contributed by atoms with van der Waals surface area (Å²) in [7, 11) is -2.84. The van der Waals surface area contributed by atoms with Gasteiger partial charge in [0, 0.05) is 19.6 Å². The van der Waals surface area contributed by atoms with E-state index in [1.165, 1.54) is 0 Å². The van der Waals surface area contributed by atoms with Crippen LogP contribution in [-0.4, -0.2) is 60.9 Å². The van der Waals surface area contributed by atoms with Crippen molar-refractivity contribution in [1.29, 1.82) is 0 Å². The van der Waals surface area contributed by atoms with Crippen molar-refractivity contribution in [3.05, 3.63) is 0 Å². The Kier molecular flexibility index (Phi) is 1.87. The molecule has 6 heteroatoms. The number of sulfone groups is 1. The second kappa shape index (κ2) is 2.66. The molecular formula is C6H12N2O3S. The molecule has 0 aromatic rings. The summed E-state index contributed by atoms with van der Waals surface area (Å²) in [5.74, 6) is 0.137. The second-order valence-electron chi connectivity index (χ2n) is 3.24. The van der Waals surface area contributed by atoms with E-state index in [1.807, 2.05) is 5.01 Å². The predicted molar refractivity (Wildman–Crippen MR) is 42.9 cm³/mol. The van der Waals surface area contributed by atoms with Gasteiger partial charge in [0.2, 0.25) is 0 Å². The lowest BCUT2D eigenvalue weighted by Crippen LogP contribution is -2.43. The molecule has 2 fully saturated rings. The molecule has 0 aromatic heterocycles. The minimum absolute atomic E-state index is 0.0866. The summed E-state index contributed by atoms with van der Waals surface area (Å²) in [6.45, 7) is 1.81. The van der Waals surface area contributed by atoms with Crippen molar-refractivity contribution in [1.82, 2.24) is 10.0 Å². The minimum atomic E-state index is -2.84. The van der Waals surface area contributed by atoms with Crippen LogP contribution in [0.1, 0.15) is 0 Å². The van der Waals surface area contributed by atoms with Gasteiger partial charge in [-0.3, -0.25) is 0 Å². The number of nitrogens with zero attached hydrogens (tertiary/aromatic N) is 2. The Bertz CT molecular complexity index is 277. The van der Waals surface area contributed by atoms with Crippen LogP contribution in [0.5, 0.6) is 0 Å². The van der Waals surface area contributed by atoms with Crippen molar-refractivity contribution in [2.24, 2.45) is 0 Å². The number of fused-ring (bicyclic) bond motifs is 2. The average molecular weight is 192 g/mol. The van der Waals surface area contributed by atoms with Gasteiger partial charge in [-0.2, -0.15) is 0 Å². The zero-order valence-electron chi connectivity index (χ0n) is 6.68. The molecule has 0 radical (unpaired) electrons. The molecule has 0 aliphatic carbocycles. The number of aliphatic hydroxyl groups is 1. The first-order valence-corrected chi connectivity index (χ1v) is 5.67. The van der Waals surface area contributed by atoms with Gasteiger partial charge in [0.15, 0.2) is 9.84 Å². The molecule has 2 rings (SSSR count). The maximum atomic E-state index is 11.2. The fraction of sp³-hybridized carbons (Fsp3) is 1.00. The molecule has 2 aliphatic rings. The number of β-amino-alcohol motifs (C(OH)–C–C–N with tert-alkyl or cyclic N) is 1. The summed E-state index contributed by atoms with van der Waals surface area (Å²) < 4.78 is 22.5. The first-order chi connectivity index (χ1) is 5.63. The van der Waals surface area contributed by atoms with Crippen molar-refractivity contribution < 1.29 is 13.5 Å². The molecule has 1 unspecified atom stereocenters. The molecule has 2 atom stereocenters. The number of hydrogen-bond acceptors (Lipinski definition) is 5. The molecule has 1 N–H and O–H groups in total. The zero-order valence-corrected chi connectivity index (χ0v) is 7.50. The summed E-state index contributed by atoms with van der Waals surface area (Å²) in [6.07, 6.45) is 0. The van der Waals surface area contributed by atoms with Crippen LogP contribution in [-0.2, 0) is 9.84 Å². The van der Waals surface area contributed by atoms with Crippen LogP contribution in [0.25, 0.3) is 0 Å². The third-order valence-electron chi connectivity index (χ3n) is 2.42. The van der Waals surface area contributed by atoms with Crippen LogP contribution in [0.4, 0.5) is 0 Å². The van der Waals surface area contributed by atoms with E-state index >= 15 is 0 Å². The fourth-order valence-corrected chi connectivity index (χ4v) is 3.47. The van der Waals surface area contributed by atoms with Gasteiger partial charge in [-0.25, -0.2) is 18.4 Å². The highest BCUT2D eigenvalue weighted by Crippen LogP contribution is 2.25. The maximum absolute atomic E-state index is 11.2. The molecule has 2 saturated heterocycles. The van der Waals surface area contributed by atoms with E-state index < -0.39 is 9.84 Å². The van der Waals surface area contributed by atoms with Crippen LogP contribution in [0.15, 0.2) is 0 Å². The quantitative estimate of drug-likeness (QED) is 0.563. The number of hydrogen-bond donors (Lipinski definition) is 1. The lowest BCUT2D eigenvalue weighted by atomic mass is 10.4. The van der Waals surface area contributed by atoms with Crippen LogP contribution in [0.2, 0.25) is 0 Å². The highest BCUT2D eigenvalue weighted by molar-refractivity contribution is 7.92. The standard InChI is InChI=1S/C6H12N2O3S/c9-2-1-7-3-6-4-8(7)5-12(6,10)11/h6,9H,1-5H2/t6-/m1/s1. The number of aliphatic hydroxyl groups excluding tert-OH is 1. The summed E-state index contributed by atoms with van der Waals surface area (Å²) in [6, 6.07) is 0. The first kappa shape index (κ1) is 8.43. The first-order valence-electron chi connectivity index (χ1n) is 3.96. The van der Waals surface area contributed by atoms with Crippen molar-refractivity contribution in [3.8, 4) is 0 Å². The van der Waals surface area contributed by atoms with Gasteiger partial charge in [0.25, 0.3) is 0 Å². The van der Waals surface area contributed by atoms with Gasteiger partial charge in [-0.05, 0) is 0 Å². The topological polar surface area (TPSA) is 60.9 Å². The van der Waals surface area contributed by atoms with Gasteiger partial charge >= 0.3 is 0 Å². The summed E-state index contributed by atoms with van der Waals surface area (Å²) >= 11 is 0. The van der Waals surface area contributed by atoms with Crippen LogP contribution < -0.4 is 0 Å². The zero-order chi connectivity index (χ0) is 8.77. The van der Waals surface area contributed by atoms with E-state index in [0.29, 0.717) is 19.6 Å². The molecule has 0 amide bonds.